The lowest BCUT2D eigenvalue weighted by molar-refractivity contribution is -0.133. The quantitative estimate of drug-likeness (QED) is 0.543. The van der Waals surface area contributed by atoms with Crippen molar-refractivity contribution in [2.75, 3.05) is 7.05 Å². The number of carbonyl (C=O) groups excluding carboxylic acids is 1. The van der Waals surface area contributed by atoms with Gasteiger partial charge in [0, 0.05) is 24.8 Å². The molecule has 0 radical (unpaired) electrons. The van der Waals surface area contributed by atoms with Gasteiger partial charge >= 0.3 is 0 Å². The Balaban J connectivity index is 1.51. The molecule has 1 fully saturated rings. The number of hydrogen-bond acceptors (Lipinski definition) is 4. The van der Waals surface area contributed by atoms with Crippen molar-refractivity contribution in [3.05, 3.63) is 46.8 Å². The van der Waals surface area contributed by atoms with E-state index in [1.165, 1.54) is 25.3 Å². The first kappa shape index (κ1) is 19.8. The second kappa shape index (κ2) is 8.49. The fourth-order valence-corrected chi connectivity index (χ4v) is 4.13. The van der Waals surface area contributed by atoms with E-state index in [2.05, 4.69) is 26.1 Å². The van der Waals surface area contributed by atoms with Gasteiger partial charge in [0.25, 0.3) is 5.89 Å². The van der Waals surface area contributed by atoms with Gasteiger partial charge in [-0.1, -0.05) is 24.4 Å². The van der Waals surface area contributed by atoms with Crippen LogP contribution in [0.3, 0.4) is 0 Å². The van der Waals surface area contributed by atoms with Gasteiger partial charge < -0.3 is 14.0 Å². The molecule has 0 unspecified atom stereocenters. The molecule has 2 heterocycles. The molecule has 0 N–H and O–H groups in total. The van der Waals surface area contributed by atoms with Crippen LogP contribution in [0.1, 0.15) is 32.1 Å². The number of halogens is 2. The SMILES string of the molecule is CN(C(=O)Cn1cccc1-c1nc(-c2ccc(F)c(Br)c2)no1)C1CCCCC1. The van der Waals surface area contributed by atoms with Crippen molar-refractivity contribution in [3.8, 4) is 23.0 Å². The number of amides is 1. The lowest BCUT2D eigenvalue weighted by Gasteiger charge is -2.31. The molecule has 29 heavy (non-hydrogen) atoms. The first-order valence-corrected chi connectivity index (χ1v) is 10.5. The highest BCUT2D eigenvalue weighted by molar-refractivity contribution is 9.10. The van der Waals surface area contributed by atoms with Crippen LogP contribution < -0.4 is 0 Å². The maximum absolute atomic E-state index is 13.5. The second-order valence-electron chi connectivity index (χ2n) is 7.37. The molecule has 8 heteroatoms. The molecule has 152 valence electrons. The molecule has 0 aliphatic heterocycles. The molecule has 1 aliphatic rings. The average molecular weight is 461 g/mol. The van der Waals surface area contributed by atoms with Crippen LogP contribution in [0.2, 0.25) is 0 Å². The Labute approximate surface area is 176 Å². The summed E-state index contributed by atoms with van der Waals surface area (Å²) in [6.45, 7) is 0.217. The summed E-state index contributed by atoms with van der Waals surface area (Å²) in [4.78, 5) is 19.1. The van der Waals surface area contributed by atoms with Crippen LogP contribution in [0.4, 0.5) is 4.39 Å². The Morgan fingerprint density at radius 1 is 1.31 bits per heavy atom. The lowest BCUT2D eigenvalue weighted by Crippen LogP contribution is -2.40. The van der Waals surface area contributed by atoms with E-state index in [1.54, 1.807) is 12.1 Å². The molecular weight excluding hydrogens is 439 g/mol. The smallest absolute Gasteiger partial charge is 0.274 e. The summed E-state index contributed by atoms with van der Waals surface area (Å²) in [6, 6.07) is 8.55. The molecular formula is C21H22BrFN4O2. The zero-order valence-electron chi connectivity index (χ0n) is 16.1. The van der Waals surface area contributed by atoms with Crippen molar-refractivity contribution in [2.45, 2.75) is 44.7 Å². The van der Waals surface area contributed by atoms with E-state index < -0.39 is 0 Å². The third kappa shape index (κ3) is 4.27. The summed E-state index contributed by atoms with van der Waals surface area (Å²) in [6.07, 6.45) is 7.59. The number of hydrogen-bond donors (Lipinski definition) is 0. The minimum atomic E-state index is -0.355. The van der Waals surface area contributed by atoms with E-state index >= 15 is 0 Å². The number of likely N-dealkylation sites (N-methyl/N-ethyl adjacent to an activating group) is 1. The van der Waals surface area contributed by atoms with Gasteiger partial charge in [-0.05, 0) is 59.1 Å². The number of rotatable bonds is 5. The van der Waals surface area contributed by atoms with Crippen LogP contribution in [0, 0.1) is 5.82 Å². The zero-order chi connectivity index (χ0) is 20.4. The summed E-state index contributed by atoms with van der Waals surface area (Å²) >= 11 is 3.17. The highest BCUT2D eigenvalue weighted by Gasteiger charge is 2.23. The average Bonchev–Trinajstić information content (AvgIpc) is 3.39. The summed E-state index contributed by atoms with van der Waals surface area (Å²) in [5, 5.41) is 4.00. The van der Waals surface area contributed by atoms with Crippen molar-refractivity contribution in [2.24, 2.45) is 0 Å². The highest BCUT2D eigenvalue weighted by atomic mass is 79.9. The number of nitrogens with zero attached hydrogens (tertiary/aromatic N) is 4. The van der Waals surface area contributed by atoms with Crippen LogP contribution in [0.5, 0.6) is 0 Å². The van der Waals surface area contributed by atoms with Crippen LogP contribution in [-0.4, -0.2) is 38.6 Å². The van der Waals surface area contributed by atoms with Crippen LogP contribution >= 0.6 is 15.9 Å². The third-order valence-corrected chi connectivity index (χ3v) is 6.08. The highest BCUT2D eigenvalue weighted by Crippen LogP contribution is 2.27. The molecule has 2 aromatic heterocycles. The number of aromatic nitrogens is 3. The fraction of sp³-hybridized carbons (Fsp3) is 0.381. The topological polar surface area (TPSA) is 64.2 Å². The first-order valence-electron chi connectivity index (χ1n) is 9.73. The molecule has 4 rings (SSSR count). The van der Waals surface area contributed by atoms with Crippen LogP contribution in [-0.2, 0) is 11.3 Å². The standard InChI is InChI=1S/C21H22BrFN4O2/c1-26(15-6-3-2-4-7-15)19(28)13-27-11-5-8-18(27)21-24-20(25-29-21)14-9-10-17(23)16(22)12-14/h5,8-12,15H,2-4,6-7,13H2,1H3. The van der Waals surface area contributed by atoms with E-state index in [1.807, 2.05) is 34.8 Å². The summed E-state index contributed by atoms with van der Waals surface area (Å²) < 4.78 is 21.0. The minimum Gasteiger partial charge on any atom is -0.341 e. The van der Waals surface area contributed by atoms with Crippen molar-refractivity contribution < 1.29 is 13.7 Å². The zero-order valence-corrected chi connectivity index (χ0v) is 17.7. The maximum Gasteiger partial charge on any atom is 0.274 e. The van der Waals surface area contributed by atoms with E-state index in [0.717, 1.165) is 12.8 Å². The van der Waals surface area contributed by atoms with E-state index in [4.69, 9.17) is 4.52 Å². The first-order chi connectivity index (χ1) is 14.0. The molecule has 0 spiro atoms. The molecule has 3 aromatic rings. The van der Waals surface area contributed by atoms with Crippen molar-refractivity contribution in [1.29, 1.82) is 0 Å². The third-order valence-electron chi connectivity index (χ3n) is 5.47. The number of benzene rings is 1. The predicted octanol–water partition coefficient (Wildman–Crippen LogP) is 4.90. The molecule has 0 atom stereocenters. The summed E-state index contributed by atoms with van der Waals surface area (Å²) in [5.74, 6) is 0.390. The lowest BCUT2D eigenvalue weighted by atomic mass is 9.94. The Bertz CT molecular complexity index is 1010. The normalized spacial score (nSPS) is 14.9. The Hall–Kier alpha value is -2.48. The van der Waals surface area contributed by atoms with E-state index in [9.17, 15) is 9.18 Å². The summed E-state index contributed by atoms with van der Waals surface area (Å²) in [5.41, 5.74) is 1.31. The van der Waals surface area contributed by atoms with Gasteiger partial charge in [-0.3, -0.25) is 4.79 Å². The van der Waals surface area contributed by atoms with Gasteiger partial charge in [0.05, 0.1) is 4.47 Å². The van der Waals surface area contributed by atoms with E-state index in [-0.39, 0.29) is 18.3 Å². The molecule has 1 aliphatic carbocycles. The Morgan fingerprint density at radius 2 is 2.10 bits per heavy atom. The van der Waals surface area contributed by atoms with Gasteiger partial charge in [-0.25, -0.2) is 4.39 Å². The van der Waals surface area contributed by atoms with Gasteiger partial charge in [0.2, 0.25) is 11.7 Å². The fourth-order valence-electron chi connectivity index (χ4n) is 3.76. The van der Waals surface area contributed by atoms with Gasteiger partial charge in [0.15, 0.2) is 0 Å². The molecule has 1 amide bonds. The van der Waals surface area contributed by atoms with E-state index in [0.29, 0.717) is 33.5 Å². The Morgan fingerprint density at radius 3 is 2.86 bits per heavy atom. The maximum atomic E-state index is 13.5. The monoisotopic (exact) mass is 460 g/mol. The van der Waals surface area contributed by atoms with Crippen molar-refractivity contribution >= 4 is 21.8 Å². The number of carbonyl (C=O) groups is 1. The van der Waals surface area contributed by atoms with Crippen molar-refractivity contribution in [3.63, 3.8) is 0 Å². The largest absolute Gasteiger partial charge is 0.341 e. The second-order valence-corrected chi connectivity index (χ2v) is 8.22. The molecule has 1 aromatic carbocycles. The molecule has 1 saturated carbocycles. The molecule has 0 bridgehead atoms. The van der Waals surface area contributed by atoms with Gasteiger partial charge in [0.1, 0.15) is 18.1 Å². The summed E-state index contributed by atoms with van der Waals surface area (Å²) in [7, 11) is 1.89. The van der Waals surface area contributed by atoms with Gasteiger partial charge in [-0.15, -0.1) is 0 Å². The molecule has 0 saturated heterocycles. The Kier molecular flexibility index (Phi) is 5.80. The van der Waals surface area contributed by atoms with Gasteiger partial charge in [-0.2, -0.15) is 4.98 Å². The van der Waals surface area contributed by atoms with Crippen LogP contribution in [0.25, 0.3) is 23.0 Å². The molecule has 6 nitrogen and oxygen atoms in total. The minimum absolute atomic E-state index is 0.0663. The predicted molar refractivity (Wildman–Crippen MR) is 110 cm³/mol. The van der Waals surface area contributed by atoms with Crippen molar-refractivity contribution in [1.82, 2.24) is 19.6 Å². The van der Waals surface area contributed by atoms with Crippen LogP contribution in [0.15, 0.2) is 45.5 Å².